The molecule has 0 saturated heterocycles. The number of nitrogens with two attached hydrogens (primary N) is 1. The first-order valence-corrected chi connectivity index (χ1v) is 8.29. The highest BCUT2D eigenvalue weighted by Crippen LogP contribution is 2.12. The molecule has 1 aromatic carbocycles. The normalized spacial score (nSPS) is 12.0. The number of primary amides is 1. The first kappa shape index (κ1) is 19.1. The van der Waals surface area contributed by atoms with E-state index in [1.54, 1.807) is 13.0 Å². The number of aromatic nitrogens is 1. The lowest BCUT2D eigenvalue weighted by molar-refractivity contribution is -0.137. The van der Waals surface area contributed by atoms with Crippen molar-refractivity contribution in [2.75, 3.05) is 6.61 Å². The fraction of sp³-hybridized carbons (Fsp3) is 0.263. The number of hydrogen-bond acceptors (Lipinski definition) is 5. The highest BCUT2D eigenvalue weighted by molar-refractivity contribution is 5.95. The molecule has 0 spiro atoms. The number of carbonyl (C=O) groups is 3. The molecule has 0 aliphatic rings. The van der Waals surface area contributed by atoms with Crippen molar-refractivity contribution in [1.29, 1.82) is 0 Å². The maximum Gasteiger partial charge on any atom is 0.330 e. The average molecular weight is 355 g/mol. The van der Waals surface area contributed by atoms with Crippen molar-refractivity contribution < 1.29 is 19.1 Å². The molecule has 2 rings (SSSR count). The van der Waals surface area contributed by atoms with Crippen LogP contribution in [0.1, 0.15) is 30.3 Å². The summed E-state index contributed by atoms with van der Waals surface area (Å²) in [5, 5.41) is 3.67. The van der Waals surface area contributed by atoms with Crippen LogP contribution >= 0.6 is 0 Å². The molecule has 0 aliphatic carbocycles. The molecule has 26 heavy (non-hydrogen) atoms. The number of carbonyl (C=O) groups excluding carboxylic acids is 3. The Hall–Kier alpha value is -3.22. The van der Waals surface area contributed by atoms with E-state index in [2.05, 4.69) is 10.3 Å². The Morgan fingerprint density at radius 2 is 2.00 bits per heavy atom. The van der Waals surface area contributed by atoms with E-state index in [4.69, 9.17) is 10.5 Å². The van der Waals surface area contributed by atoms with Crippen LogP contribution in [0.4, 0.5) is 0 Å². The smallest absolute Gasteiger partial charge is 0.330 e. The fourth-order valence-electron chi connectivity index (χ4n) is 2.33. The molecule has 2 aromatic rings. The Morgan fingerprint density at radius 1 is 1.23 bits per heavy atom. The van der Waals surface area contributed by atoms with Gasteiger partial charge in [-0.05, 0) is 25.5 Å². The maximum absolute atomic E-state index is 12.5. The van der Waals surface area contributed by atoms with Gasteiger partial charge in [-0.15, -0.1) is 0 Å². The zero-order chi connectivity index (χ0) is 18.9. The summed E-state index contributed by atoms with van der Waals surface area (Å²) in [5.74, 6) is -1.41. The molecule has 136 valence electrons. The van der Waals surface area contributed by atoms with Gasteiger partial charge >= 0.3 is 5.97 Å². The minimum Gasteiger partial charge on any atom is -0.463 e. The number of pyridine rings is 1. The van der Waals surface area contributed by atoms with Gasteiger partial charge in [0.05, 0.1) is 12.1 Å². The third-order valence-electron chi connectivity index (χ3n) is 3.60. The summed E-state index contributed by atoms with van der Waals surface area (Å²) in [7, 11) is 0. The number of nitrogens with zero attached hydrogens (tertiary/aromatic N) is 1. The van der Waals surface area contributed by atoms with E-state index in [1.165, 1.54) is 12.2 Å². The second kappa shape index (κ2) is 9.31. The lowest BCUT2D eigenvalue weighted by atomic mass is 10.1. The summed E-state index contributed by atoms with van der Waals surface area (Å²) in [4.78, 5) is 39.3. The Balaban J connectivity index is 2.12. The van der Waals surface area contributed by atoms with Crippen molar-refractivity contribution in [3.8, 4) is 0 Å². The van der Waals surface area contributed by atoms with Crippen LogP contribution in [0.15, 0.2) is 48.6 Å². The van der Waals surface area contributed by atoms with E-state index < -0.39 is 23.8 Å². The molecule has 3 N–H and O–H groups in total. The minimum atomic E-state index is -0.548. The summed E-state index contributed by atoms with van der Waals surface area (Å²) < 4.78 is 4.81. The van der Waals surface area contributed by atoms with Gasteiger partial charge in [0.25, 0.3) is 5.91 Å². The fourth-order valence-corrected chi connectivity index (χ4v) is 2.33. The van der Waals surface area contributed by atoms with Crippen molar-refractivity contribution in [1.82, 2.24) is 10.3 Å². The number of amides is 2. The van der Waals surface area contributed by atoms with Crippen molar-refractivity contribution in [2.24, 2.45) is 5.73 Å². The predicted octanol–water partition coefficient (Wildman–Crippen LogP) is 1.72. The van der Waals surface area contributed by atoms with Gasteiger partial charge < -0.3 is 15.8 Å². The van der Waals surface area contributed by atoms with Crippen LogP contribution < -0.4 is 11.1 Å². The third-order valence-corrected chi connectivity index (χ3v) is 3.60. The molecule has 0 saturated carbocycles. The Bertz CT molecular complexity index is 832. The molecule has 1 unspecified atom stereocenters. The van der Waals surface area contributed by atoms with Gasteiger partial charge in [-0.1, -0.05) is 30.3 Å². The van der Waals surface area contributed by atoms with Crippen molar-refractivity contribution >= 4 is 28.7 Å². The van der Waals surface area contributed by atoms with Gasteiger partial charge in [0.15, 0.2) is 0 Å². The van der Waals surface area contributed by atoms with E-state index in [0.29, 0.717) is 5.52 Å². The SMILES string of the molecule is CCOC(=O)/C=C/C(CCC(N)=O)NC(=O)c1ccc2ccccc2n1. The second-order valence-electron chi connectivity index (χ2n) is 5.59. The van der Waals surface area contributed by atoms with E-state index >= 15 is 0 Å². The molecule has 1 heterocycles. The summed E-state index contributed by atoms with van der Waals surface area (Å²) in [5.41, 5.74) is 6.12. The van der Waals surface area contributed by atoms with E-state index in [0.717, 1.165) is 5.39 Å². The monoisotopic (exact) mass is 355 g/mol. The van der Waals surface area contributed by atoms with Crippen LogP contribution in [0, 0.1) is 0 Å². The molecule has 7 nitrogen and oxygen atoms in total. The number of ether oxygens (including phenoxy) is 1. The van der Waals surface area contributed by atoms with Crippen molar-refractivity contribution in [3.05, 3.63) is 54.2 Å². The van der Waals surface area contributed by atoms with E-state index in [9.17, 15) is 14.4 Å². The second-order valence-corrected chi connectivity index (χ2v) is 5.59. The zero-order valence-electron chi connectivity index (χ0n) is 14.5. The molecule has 1 aromatic heterocycles. The summed E-state index contributed by atoms with van der Waals surface area (Å²) in [6.07, 6.45) is 3.05. The number of esters is 1. The molecule has 0 fully saturated rings. The number of para-hydroxylation sites is 1. The number of hydrogen-bond donors (Lipinski definition) is 2. The van der Waals surface area contributed by atoms with Gasteiger partial charge in [-0.2, -0.15) is 0 Å². The third kappa shape index (κ3) is 5.70. The summed E-state index contributed by atoms with van der Waals surface area (Å²) in [6, 6.07) is 10.3. The molecule has 0 aliphatic heterocycles. The van der Waals surface area contributed by atoms with Crippen molar-refractivity contribution in [3.63, 3.8) is 0 Å². The van der Waals surface area contributed by atoms with Crippen molar-refractivity contribution in [2.45, 2.75) is 25.8 Å². The molecule has 7 heteroatoms. The number of nitrogens with one attached hydrogen (secondary N) is 1. The topological polar surface area (TPSA) is 111 Å². The van der Waals surface area contributed by atoms with E-state index in [-0.39, 0.29) is 25.1 Å². The molecule has 1 atom stereocenters. The lowest BCUT2D eigenvalue weighted by Gasteiger charge is -2.14. The lowest BCUT2D eigenvalue weighted by Crippen LogP contribution is -2.35. The highest BCUT2D eigenvalue weighted by Gasteiger charge is 2.14. The zero-order valence-corrected chi connectivity index (χ0v) is 14.5. The molecule has 0 bridgehead atoms. The van der Waals surface area contributed by atoms with Gasteiger partial charge in [-0.25, -0.2) is 9.78 Å². The van der Waals surface area contributed by atoms with Gasteiger partial charge in [0.2, 0.25) is 5.91 Å². The Kier molecular flexibility index (Phi) is 6.84. The minimum absolute atomic E-state index is 0.0727. The quantitative estimate of drug-likeness (QED) is 0.553. The first-order chi connectivity index (χ1) is 12.5. The first-order valence-electron chi connectivity index (χ1n) is 8.29. The number of rotatable bonds is 8. The van der Waals surface area contributed by atoms with Crippen LogP contribution in [0.2, 0.25) is 0 Å². The van der Waals surface area contributed by atoms with Crippen LogP contribution in [0.5, 0.6) is 0 Å². The standard InChI is InChI=1S/C19H21N3O4/c1-2-26-18(24)12-9-14(8-11-17(20)23)21-19(25)16-10-7-13-5-3-4-6-15(13)22-16/h3-7,9-10,12,14H,2,8,11H2,1H3,(H2,20,23)(H,21,25)/b12-9+. The molecular formula is C19H21N3O4. The van der Waals surface area contributed by atoms with Crippen LogP contribution in [-0.2, 0) is 14.3 Å². The predicted molar refractivity (Wildman–Crippen MR) is 97.2 cm³/mol. The number of fused-ring (bicyclic) bond motifs is 1. The molecule has 2 amide bonds. The largest absolute Gasteiger partial charge is 0.463 e. The van der Waals surface area contributed by atoms with Gasteiger partial charge in [0, 0.05) is 23.9 Å². The van der Waals surface area contributed by atoms with E-state index in [1.807, 2.05) is 30.3 Å². The molecule has 0 radical (unpaired) electrons. The van der Waals surface area contributed by atoms with Crippen LogP contribution in [-0.4, -0.2) is 35.4 Å². The maximum atomic E-state index is 12.5. The summed E-state index contributed by atoms with van der Waals surface area (Å²) >= 11 is 0. The van der Waals surface area contributed by atoms with Crippen LogP contribution in [0.3, 0.4) is 0 Å². The highest BCUT2D eigenvalue weighted by atomic mass is 16.5. The molecular weight excluding hydrogens is 334 g/mol. The van der Waals surface area contributed by atoms with Gasteiger partial charge in [0.1, 0.15) is 5.69 Å². The number of benzene rings is 1. The summed E-state index contributed by atoms with van der Waals surface area (Å²) in [6.45, 7) is 1.95. The van der Waals surface area contributed by atoms with Crippen LogP contribution in [0.25, 0.3) is 10.9 Å². The Morgan fingerprint density at radius 3 is 2.73 bits per heavy atom. The average Bonchev–Trinajstić information content (AvgIpc) is 2.63. The Labute approximate surface area is 151 Å². The van der Waals surface area contributed by atoms with Gasteiger partial charge in [-0.3, -0.25) is 9.59 Å².